The highest BCUT2D eigenvalue weighted by Gasteiger charge is 2.39. The second-order valence-corrected chi connectivity index (χ2v) is 8.87. The number of fused-ring (bicyclic) bond motifs is 1. The number of hydrogen-bond donors (Lipinski definition) is 2. The van der Waals surface area contributed by atoms with Crippen molar-refractivity contribution in [3.63, 3.8) is 0 Å². The number of para-hydroxylation sites is 1. The first-order valence-corrected chi connectivity index (χ1v) is 11.2. The van der Waals surface area contributed by atoms with Gasteiger partial charge in [-0.1, -0.05) is 48.5 Å². The van der Waals surface area contributed by atoms with Gasteiger partial charge >= 0.3 is 5.97 Å². The fraction of sp³-hybridized carbons (Fsp3) is 0.423. The highest BCUT2D eigenvalue weighted by molar-refractivity contribution is 5.84. The Kier molecular flexibility index (Phi) is 6.44. The van der Waals surface area contributed by atoms with E-state index in [-0.39, 0.29) is 17.6 Å². The van der Waals surface area contributed by atoms with Gasteiger partial charge in [-0.15, -0.1) is 0 Å². The molecule has 2 aromatic carbocycles. The van der Waals surface area contributed by atoms with Crippen molar-refractivity contribution in [2.45, 2.75) is 49.7 Å². The van der Waals surface area contributed by atoms with Crippen molar-refractivity contribution in [1.82, 2.24) is 15.2 Å². The van der Waals surface area contributed by atoms with Gasteiger partial charge < -0.3 is 15.0 Å². The molecule has 2 N–H and O–H groups in total. The van der Waals surface area contributed by atoms with Gasteiger partial charge in [0.2, 0.25) is 0 Å². The van der Waals surface area contributed by atoms with Crippen LogP contribution >= 0.6 is 0 Å². The number of aromatic nitrogens is 1. The number of carbonyl (C=O) groups is 1. The van der Waals surface area contributed by atoms with Gasteiger partial charge in [0.25, 0.3) is 0 Å². The van der Waals surface area contributed by atoms with Crippen LogP contribution < -0.4 is 5.32 Å². The van der Waals surface area contributed by atoms with Gasteiger partial charge in [0.1, 0.15) is 6.04 Å². The molecule has 5 heteroatoms. The van der Waals surface area contributed by atoms with Crippen molar-refractivity contribution in [1.29, 1.82) is 0 Å². The summed E-state index contributed by atoms with van der Waals surface area (Å²) < 4.78 is 5.14. The van der Waals surface area contributed by atoms with Crippen molar-refractivity contribution in [2.75, 3.05) is 21.2 Å². The van der Waals surface area contributed by atoms with E-state index >= 15 is 0 Å². The molecule has 0 radical (unpaired) electrons. The summed E-state index contributed by atoms with van der Waals surface area (Å²) in [6.45, 7) is 0. The van der Waals surface area contributed by atoms with Crippen molar-refractivity contribution in [2.24, 2.45) is 0 Å². The lowest BCUT2D eigenvalue weighted by atomic mass is 9.74. The van der Waals surface area contributed by atoms with Gasteiger partial charge in [0.05, 0.1) is 7.11 Å². The zero-order chi connectivity index (χ0) is 21.8. The molecule has 0 bridgehead atoms. The number of esters is 1. The monoisotopic (exact) mass is 419 g/mol. The molecule has 3 aromatic rings. The van der Waals surface area contributed by atoms with Crippen molar-refractivity contribution < 1.29 is 9.53 Å². The Bertz CT molecular complexity index is 1000. The van der Waals surface area contributed by atoms with Gasteiger partial charge in [-0.3, -0.25) is 9.69 Å². The molecule has 31 heavy (non-hydrogen) atoms. The average Bonchev–Trinajstić information content (AvgIpc) is 3.22. The fourth-order valence-electron chi connectivity index (χ4n) is 5.16. The Morgan fingerprint density at radius 1 is 1.13 bits per heavy atom. The summed E-state index contributed by atoms with van der Waals surface area (Å²) in [6.07, 6.45) is 6.79. The summed E-state index contributed by atoms with van der Waals surface area (Å²) in [5.41, 5.74) is 3.66. The molecule has 0 aliphatic heterocycles. The Morgan fingerprint density at radius 3 is 2.48 bits per heavy atom. The van der Waals surface area contributed by atoms with E-state index < -0.39 is 0 Å². The van der Waals surface area contributed by atoms with Crippen LogP contribution in [0.25, 0.3) is 10.9 Å². The summed E-state index contributed by atoms with van der Waals surface area (Å²) in [5.74, 6) is -0.196. The minimum Gasteiger partial charge on any atom is -0.468 e. The predicted octanol–water partition coefficient (Wildman–Crippen LogP) is 4.24. The molecule has 0 saturated heterocycles. The van der Waals surface area contributed by atoms with Gasteiger partial charge in [0.15, 0.2) is 0 Å². The van der Waals surface area contributed by atoms with Gasteiger partial charge in [0, 0.05) is 35.1 Å². The molecule has 4 rings (SSSR count). The minimum atomic E-state index is -0.349. The van der Waals surface area contributed by atoms with E-state index in [2.05, 4.69) is 71.8 Å². The summed E-state index contributed by atoms with van der Waals surface area (Å²) in [5, 5.41) is 4.80. The highest BCUT2D eigenvalue weighted by atomic mass is 16.5. The number of rotatable bonds is 7. The first-order valence-electron chi connectivity index (χ1n) is 11.2. The predicted molar refractivity (Wildman–Crippen MR) is 125 cm³/mol. The third-order valence-electron chi connectivity index (χ3n) is 7.00. The van der Waals surface area contributed by atoms with Crippen molar-refractivity contribution >= 4 is 16.9 Å². The fourth-order valence-corrected chi connectivity index (χ4v) is 5.16. The number of hydrogen-bond acceptors (Lipinski definition) is 4. The maximum absolute atomic E-state index is 12.6. The molecule has 1 aliphatic carbocycles. The van der Waals surface area contributed by atoms with Gasteiger partial charge in [-0.2, -0.15) is 0 Å². The molecule has 0 amide bonds. The topological polar surface area (TPSA) is 57.4 Å². The van der Waals surface area contributed by atoms with Crippen LogP contribution in [0.4, 0.5) is 0 Å². The van der Waals surface area contributed by atoms with Crippen LogP contribution in [0.5, 0.6) is 0 Å². The van der Waals surface area contributed by atoms with Crippen LogP contribution in [0.2, 0.25) is 0 Å². The molecule has 1 saturated carbocycles. The lowest BCUT2D eigenvalue weighted by molar-refractivity contribution is -0.143. The van der Waals surface area contributed by atoms with Crippen LogP contribution in [-0.4, -0.2) is 49.1 Å². The highest BCUT2D eigenvalue weighted by Crippen LogP contribution is 2.41. The Balaban J connectivity index is 1.47. The average molecular weight is 420 g/mol. The molecular formula is C26H33N3O2. The SMILES string of the molecule is COC(=O)C(Cc1c[nH]c2ccccc12)NC1CCC(c2ccccc2)(N(C)C)CC1. The molecule has 1 fully saturated rings. The third kappa shape index (κ3) is 4.39. The number of nitrogens with one attached hydrogen (secondary N) is 2. The quantitative estimate of drug-likeness (QED) is 0.563. The van der Waals surface area contributed by atoms with Crippen LogP contribution in [0.1, 0.15) is 36.8 Å². The van der Waals surface area contributed by atoms with Crippen molar-refractivity contribution in [3.05, 3.63) is 71.9 Å². The summed E-state index contributed by atoms with van der Waals surface area (Å²) in [6, 6.07) is 19.0. The number of ether oxygens (including phenoxy) is 1. The molecule has 1 aliphatic rings. The Hall–Kier alpha value is -2.63. The van der Waals surface area contributed by atoms with Crippen molar-refractivity contribution in [3.8, 4) is 0 Å². The summed E-state index contributed by atoms with van der Waals surface area (Å²) in [7, 11) is 5.82. The standard InChI is InChI=1S/C26H33N3O2/c1-29(2)26(20-9-5-4-6-10-20)15-13-21(14-16-26)28-24(25(30)31-3)17-19-18-27-23-12-8-7-11-22(19)23/h4-12,18,21,24,27-28H,13-17H2,1-3H3. The molecule has 1 aromatic heterocycles. The molecule has 5 nitrogen and oxygen atoms in total. The van der Waals surface area contributed by atoms with E-state index in [1.807, 2.05) is 18.3 Å². The van der Waals surface area contributed by atoms with E-state index in [9.17, 15) is 4.79 Å². The number of benzene rings is 2. The number of methoxy groups -OCH3 is 1. The first kappa shape index (κ1) is 21.6. The Morgan fingerprint density at radius 2 is 1.81 bits per heavy atom. The molecular weight excluding hydrogens is 386 g/mol. The first-order chi connectivity index (χ1) is 15.0. The molecule has 1 atom stereocenters. The number of H-pyrrole nitrogens is 1. The largest absolute Gasteiger partial charge is 0.468 e. The lowest BCUT2D eigenvalue weighted by Gasteiger charge is -2.46. The van der Waals surface area contributed by atoms with Gasteiger partial charge in [-0.05, 0) is 57.0 Å². The maximum atomic E-state index is 12.6. The summed E-state index contributed by atoms with van der Waals surface area (Å²) >= 11 is 0. The zero-order valence-electron chi connectivity index (χ0n) is 18.7. The van der Waals surface area contributed by atoms with E-state index in [0.717, 1.165) is 42.1 Å². The van der Waals surface area contributed by atoms with E-state index in [0.29, 0.717) is 12.5 Å². The Labute approximate surface area is 184 Å². The van der Waals surface area contributed by atoms with E-state index in [1.54, 1.807) is 0 Å². The maximum Gasteiger partial charge on any atom is 0.323 e. The van der Waals surface area contributed by atoms with Crippen LogP contribution in [-0.2, 0) is 21.5 Å². The molecule has 0 spiro atoms. The van der Waals surface area contributed by atoms with Gasteiger partial charge in [-0.25, -0.2) is 0 Å². The van der Waals surface area contributed by atoms with Crippen LogP contribution in [0.3, 0.4) is 0 Å². The molecule has 1 heterocycles. The smallest absolute Gasteiger partial charge is 0.323 e. The van der Waals surface area contributed by atoms with Crippen LogP contribution in [0, 0.1) is 0 Å². The lowest BCUT2D eigenvalue weighted by Crippen LogP contribution is -2.51. The minimum absolute atomic E-state index is 0.0526. The zero-order valence-corrected chi connectivity index (χ0v) is 18.7. The number of aromatic amines is 1. The van der Waals surface area contributed by atoms with E-state index in [1.165, 1.54) is 12.7 Å². The normalized spacial score (nSPS) is 22.5. The molecule has 1 unspecified atom stereocenters. The molecule has 164 valence electrons. The summed E-state index contributed by atoms with van der Waals surface area (Å²) in [4.78, 5) is 18.3. The number of nitrogens with zero attached hydrogens (tertiary/aromatic N) is 1. The third-order valence-corrected chi connectivity index (χ3v) is 7.00. The van der Waals surface area contributed by atoms with Crippen LogP contribution in [0.15, 0.2) is 60.8 Å². The second-order valence-electron chi connectivity index (χ2n) is 8.87. The number of carbonyl (C=O) groups excluding carboxylic acids is 1. The second kappa shape index (κ2) is 9.25. The van der Waals surface area contributed by atoms with E-state index in [4.69, 9.17) is 4.74 Å².